The first-order valence-electron chi connectivity index (χ1n) is 9.75. The van der Waals surface area contributed by atoms with Gasteiger partial charge in [-0.05, 0) is 34.6 Å². The summed E-state index contributed by atoms with van der Waals surface area (Å²) in [6, 6.07) is 0. The molecule has 2 rings (SSSR count). The Kier molecular flexibility index (Phi) is 10.2. The molecule has 1 aromatic rings. The molecule has 10 heteroatoms. The van der Waals surface area contributed by atoms with E-state index in [-0.39, 0.29) is 30.1 Å². The molecule has 1 fully saturated rings. The number of ether oxygens (including phenoxy) is 1. The van der Waals surface area contributed by atoms with Crippen molar-refractivity contribution in [2.24, 2.45) is 4.99 Å². The average molecular weight is 522 g/mol. The first-order chi connectivity index (χ1) is 13.2. The van der Waals surface area contributed by atoms with E-state index < -0.39 is 5.60 Å². The minimum absolute atomic E-state index is 0. The first kappa shape index (κ1) is 25.5. The Balaban J connectivity index is 0.00000420. The van der Waals surface area contributed by atoms with Crippen LogP contribution >= 0.6 is 24.0 Å². The van der Waals surface area contributed by atoms with Crippen LogP contribution in [-0.4, -0.2) is 78.8 Å². The molecule has 9 nitrogen and oxygen atoms in total. The van der Waals surface area contributed by atoms with Gasteiger partial charge in [0.15, 0.2) is 5.96 Å². The molecule has 1 aliphatic heterocycles. The summed E-state index contributed by atoms with van der Waals surface area (Å²) in [5.41, 5.74) is 0.453. The molecular formula is C19H35IN6O3. The molecule has 1 saturated heterocycles. The molecule has 166 valence electrons. The van der Waals surface area contributed by atoms with Crippen LogP contribution in [0, 0.1) is 13.8 Å². The topological polar surface area (TPSA) is 95.2 Å². The average Bonchev–Trinajstić information content (AvgIpc) is 2.95. The summed E-state index contributed by atoms with van der Waals surface area (Å²) in [5, 5.41) is 6.50. The third-order valence-electron chi connectivity index (χ3n) is 4.45. The zero-order valence-corrected chi connectivity index (χ0v) is 20.7. The molecule has 0 aliphatic carbocycles. The van der Waals surface area contributed by atoms with Crippen LogP contribution in [0.15, 0.2) is 9.41 Å². The Morgan fingerprint density at radius 1 is 1.21 bits per heavy atom. The van der Waals surface area contributed by atoms with Gasteiger partial charge in [-0.25, -0.2) is 9.78 Å². The molecule has 0 spiro atoms. The highest BCUT2D eigenvalue weighted by atomic mass is 127. The summed E-state index contributed by atoms with van der Waals surface area (Å²) < 4.78 is 11.0. The van der Waals surface area contributed by atoms with Gasteiger partial charge in [-0.3, -0.25) is 9.89 Å². The fourth-order valence-corrected chi connectivity index (χ4v) is 2.81. The van der Waals surface area contributed by atoms with Gasteiger partial charge < -0.3 is 24.7 Å². The number of hydrogen-bond acceptors (Lipinski definition) is 6. The SMILES string of the molecule is CN=C(NCCN1CCN(C(=O)OC(C)(C)C)CC1)NCc1nc(C)c(C)o1.I. The molecule has 2 N–H and O–H groups in total. The second kappa shape index (κ2) is 11.6. The number of carbonyl (C=O) groups excluding carboxylic acids is 1. The fourth-order valence-electron chi connectivity index (χ4n) is 2.81. The van der Waals surface area contributed by atoms with Crippen LogP contribution in [0.2, 0.25) is 0 Å². The van der Waals surface area contributed by atoms with Gasteiger partial charge in [-0.15, -0.1) is 24.0 Å². The number of oxazole rings is 1. The predicted molar refractivity (Wildman–Crippen MR) is 124 cm³/mol. The van der Waals surface area contributed by atoms with E-state index in [1.165, 1.54) is 0 Å². The lowest BCUT2D eigenvalue weighted by Crippen LogP contribution is -2.51. The van der Waals surface area contributed by atoms with Crippen LogP contribution in [0.5, 0.6) is 0 Å². The number of carbonyl (C=O) groups is 1. The minimum atomic E-state index is -0.455. The molecule has 29 heavy (non-hydrogen) atoms. The Morgan fingerprint density at radius 3 is 2.38 bits per heavy atom. The van der Waals surface area contributed by atoms with Crippen molar-refractivity contribution < 1.29 is 13.9 Å². The van der Waals surface area contributed by atoms with Crippen molar-refractivity contribution in [3.63, 3.8) is 0 Å². The number of amides is 1. The van der Waals surface area contributed by atoms with Crippen LogP contribution in [0.25, 0.3) is 0 Å². The predicted octanol–water partition coefficient (Wildman–Crippen LogP) is 2.13. The van der Waals surface area contributed by atoms with Gasteiger partial charge in [0.1, 0.15) is 11.4 Å². The maximum Gasteiger partial charge on any atom is 0.410 e. The zero-order valence-electron chi connectivity index (χ0n) is 18.4. The molecule has 0 radical (unpaired) electrons. The van der Waals surface area contributed by atoms with E-state index in [0.29, 0.717) is 31.5 Å². The summed E-state index contributed by atoms with van der Waals surface area (Å²) in [6.07, 6.45) is -0.230. The van der Waals surface area contributed by atoms with Crippen LogP contribution in [0.1, 0.15) is 38.1 Å². The van der Waals surface area contributed by atoms with Crippen molar-refractivity contribution in [1.82, 2.24) is 25.4 Å². The number of hydrogen-bond donors (Lipinski definition) is 2. The molecule has 1 aromatic heterocycles. The molecule has 1 amide bonds. The highest BCUT2D eigenvalue weighted by Crippen LogP contribution is 2.11. The minimum Gasteiger partial charge on any atom is -0.444 e. The fraction of sp³-hybridized carbons (Fsp3) is 0.737. The van der Waals surface area contributed by atoms with Crippen LogP contribution in [0.4, 0.5) is 4.79 Å². The van der Waals surface area contributed by atoms with Crippen LogP contribution in [-0.2, 0) is 11.3 Å². The molecule has 0 bridgehead atoms. The van der Waals surface area contributed by atoms with E-state index in [0.717, 1.165) is 37.6 Å². The maximum atomic E-state index is 12.1. The quantitative estimate of drug-likeness (QED) is 0.348. The number of nitrogens with zero attached hydrogens (tertiary/aromatic N) is 4. The summed E-state index contributed by atoms with van der Waals surface area (Å²) in [6.45, 7) is 14.7. The van der Waals surface area contributed by atoms with Gasteiger partial charge in [0.05, 0.1) is 12.2 Å². The summed E-state index contributed by atoms with van der Waals surface area (Å²) in [4.78, 5) is 24.8. The molecule has 0 unspecified atom stereocenters. The molecular weight excluding hydrogens is 487 g/mol. The Bertz CT molecular complexity index is 658. The van der Waals surface area contributed by atoms with E-state index in [4.69, 9.17) is 9.15 Å². The van der Waals surface area contributed by atoms with Gasteiger partial charge in [0.2, 0.25) is 5.89 Å². The van der Waals surface area contributed by atoms with E-state index >= 15 is 0 Å². The van der Waals surface area contributed by atoms with Gasteiger partial charge in [0.25, 0.3) is 0 Å². The van der Waals surface area contributed by atoms with Gasteiger partial charge in [-0.1, -0.05) is 0 Å². The van der Waals surface area contributed by atoms with Crippen molar-refractivity contribution in [3.05, 3.63) is 17.3 Å². The number of guanidine groups is 1. The number of aliphatic imine (C=N–C) groups is 1. The van der Waals surface area contributed by atoms with E-state index in [1.807, 2.05) is 34.6 Å². The molecule has 1 aliphatic rings. The van der Waals surface area contributed by atoms with Gasteiger partial charge in [0, 0.05) is 46.3 Å². The summed E-state index contributed by atoms with van der Waals surface area (Å²) in [7, 11) is 1.74. The molecule has 0 atom stereocenters. The monoisotopic (exact) mass is 522 g/mol. The lowest BCUT2D eigenvalue weighted by Gasteiger charge is -2.35. The number of piperazine rings is 1. The number of nitrogens with one attached hydrogen (secondary N) is 2. The smallest absolute Gasteiger partial charge is 0.410 e. The highest BCUT2D eigenvalue weighted by Gasteiger charge is 2.25. The lowest BCUT2D eigenvalue weighted by atomic mass is 10.2. The molecule has 0 saturated carbocycles. The summed E-state index contributed by atoms with van der Waals surface area (Å²) >= 11 is 0. The number of rotatable bonds is 5. The maximum absolute atomic E-state index is 12.1. The normalized spacial score (nSPS) is 15.7. The number of aryl methyl sites for hydroxylation is 2. The van der Waals surface area contributed by atoms with E-state index in [2.05, 4.69) is 25.5 Å². The van der Waals surface area contributed by atoms with E-state index in [1.54, 1.807) is 11.9 Å². The van der Waals surface area contributed by atoms with Gasteiger partial charge in [-0.2, -0.15) is 0 Å². The standard InChI is InChI=1S/C19H34N6O3.HI/c1-14-15(2)27-16(23-14)13-22-17(20-6)21-7-8-24-9-11-25(12-10-24)18(26)28-19(3,4)5;/h7-13H2,1-6H3,(H2,20,21,22);1H. The third kappa shape index (κ3) is 8.77. The number of halogens is 1. The van der Waals surface area contributed by atoms with Crippen molar-refractivity contribution in [2.45, 2.75) is 46.8 Å². The molecule has 0 aromatic carbocycles. The largest absolute Gasteiger partial charge is 0.444 e. The third-order valence-corrected chi connectivity index (χ3v) is 4.45. The lowest BCUT2D eigenvalue weighted by molar-refractivity contribution is 0.0147. The zero-order chi connectivity index (χ0) is 20.7. The summed E-state index contributed by atoms with van der Waals surface area (Å²) in [5.74, 6) is 2.20. The van der Waals surface area contributed by atoms with Crippen molar-refractivity contribution in [3.8, 4) is 0 Å². The van der Waals surface area contributed by atoms with Crippen molar-refractivity contribution in [2.75, 3.05) is 46.3 Å². The number of aromatic nitrogens is 1. The molecule has 2 heterocycles. The second-order valence-electron chi connectivity index (χ2n) is 7.91. The Labute approximate surface area is 190 Å². The first-order valence-corrected chi connectivity index (χ1v) is 9.75. The Morgan fingerprint density at radius 2 is 1.86 bits per heavy atom. The Hall–Kier alpha value is -1.56. The van der Waals surface area contributed by atoms with Crippen molar-refractivity contribution in [1.29, 1.82) is 0 Å². The van der Waals surface area contributed by atoms with E-state index in [9.17, 15) is 4.79 Å². The van der Waals surface area contributed by atoms with Crippen molar-refractivity contribution >= 4 is 36.0 Å². The van der Waals surface area contributed by atoms with Crippen LogP contribution < -0.4 is 10.6 Å². The van der Waals surface area contributed by atoms with Gasteiger partial charge >= 0.3 is 6.09 Å². The highest BCUT2D eigenvalue weighted by molar-refractivity contribution is 14.0. The van der Waals surface area contributed by atoms with Crippen LogP contribution in [0.3, 0.4) is 0 Å². The second-order valence-corrected chi connectivity index (χ2v) is 7.91.